The van der Waals surface area contributed by atoms with Gasteiger partial charge in [-0.3, -0.25) is 14.2 Å². The smallest absolute Gasteiger partial charge is 0.262 e. The van der Waals surface area contributed by atoms with E-state index in [1.807, 2.05) is 29.2 Å². The van der Waals surface area contributed by atoms with E-state index >= 15 is 0 Å². The lowest BCUT2D eigenvalue weighted by Gasteiger charge is -2.35. The number of ether oxygens (including phenoxy) is 3. The van der Waals surface area contributed by atoms with Gasteiger partial charge in [0.25, 0.3) is 5.56 Å². The fraction of sp³-hybridized carbons (Fsp3) is 0.423. The number of nitrogens with zero attached hydrogens (tertiary/aromatic N) is 3. The molecule has 0 saturated carbocycles. The quantitative estimate of drug-likeness (QED) is 0.380. The molecule has 0 spiro atoms. The van der Waals surface area contributed by atoms with Crippen molar-refractivity contribution in [2.24, 2.45) is 11.8 Å². The second-order valence-corrected chi connectivity index (χ2v) is 10.3. The van der Waals surface area contributed by atoms with Crippen LogP contribution < -0.4 is 19.8 Å². The Morgan fingerprint density at radius 1 is 1.11 bits per heavy atom. The first-order valence-corrected chi connectivity index (χ1v) is 12.8. The van der Waals surface area contributed by atoms with Gasteiger partial charge in [-0.15, -0.1) is 0 Å². The second-order valence-electron chi connectivity index (χ2n) is 9.39. The minimum absolute atomic E-state index is 0.0735. The van der Waals surface area contributed by atoms with Gasteiger partial charge in [-0.2, -0.15) is 0 Å². The van der Waals surface area contributed by atoms with E-state index in [1.165, 1.54) is 11.8 Å². The molecular formula is C26H29N3O5S. The van der Waals surface area contributed by atoms with E-state index in [1.54, 1.807) is 23.8 Å². The maximum atomic E-state index is 13.6. The molecule has 8 nitrogen and oxygen atoms in total. The molecule has 5 rings (SSSR count). The molecule has 184 valence electrons. The maximum absolute atomic E-state index is 13.6. The van der Waals surface area contributed by atoms with Crippen molar-refractivity contribution in [2.75, 3.05) is 32.7 Å². The van der Waals surface area contributed by atoms with Crippen LogP contribution in [0, 0.1) is 11.8 Å². The summed E-state index contributed by atoms with van der Waals surface area (Å²) < 4.78 is 17.8. The number of aromatic nitrogens is 2. The Kier molecular flexibility index (Phi) is 6.60. The van der Waals surface area contributed by atoms with Gasteiger partial charge in [0.15, 0.2) is 16.7 Å². The van der Waals surface area contributed by atoms with Crippen molar-refractivity contribution >= 4 is 28.6 Å². The number of benzene rings is 2. The molecule has 0 aliphatic carbocycles. The van der Waals surface area contributed by atoms with Crippen molar-refractivity contribution in [1.29, 1.82) is 0 Å². The van der Waals surface area contributed by atoms with Gasteiger partial charge in [-0.05, 0) is 42.0 Å². The van der Waals surface area contributed by atoms with E-state index in [2.05, 4.69) is 13.8 Å². The molecule has 0 N–H and O–H groups in total. The summed E-state index contributed by atoms with van der Waals surface area (Å²) in [6.07, 6.45) is 1.14. The zero-order valence-electron chi connectivity index (χ0n) is 20.2. The molecular weight excluding hydrogens is 466 g/mol. The number of hydrogen-bond donors (Lipinski definition) is 0. The highest BCUT2D eigenvalue weighted by atomic mass is 32.2. The Bertz CT molecular complexity index is 1300. The molecule has 0 unspecified atom stereocenters. The van der Waals surface area contributed by atoms with Gasteiger partial charge < -0.3 is 19.1 Å². The predicted octanol–water partition coefficient (Wildman–Crippen LogP) is 3.78. The molecule has 1 aromatic heterocycles. The zero-order chi connectivity index (χ0) is 24.5. The summed E-state index contributed by atoms with van der Waals surface area (Å²) in [5.41, 5.74) is 1.28. The monoisotopic (exact) mass is 495 g/mol. The van der Waals surface area contributed by atoms with Crippen molar-refractivity contribution in [3.63, 3.8) is 0 Å². The topological polar surface area (TPSA) is 82.9 Å². The molecule has 1 amide bonds. The van der Waals surface area contributed by atoms with E-state index in [0.29, 0.717) is 45.9 Å². The van der Waals surface area contributed by atoms with Gasteiger partial charge >= 0.3 is 0 Å². The number of carbonyl (C=O) groups excluding carboxylic acids is 1. The summed E-state index contributed by atoms with van der Waals surface area (Å²) in [4.78, 5) is 33.4. The molecule has 2 aromatic carbocycles. The van der Waals surface area contributed by atoms with Crippen LogP contribution >= 0.6 is 11.8 Å². The van der Waals surface area contributed by atoms with E-state index in [0.717, 1.165) is 30.8 Å². The number of fused-ring (bicyclic) bond motifs is 2. The maximum Gasteiger partial charge on any atom is 0.262 e. The highest BCUT2D eigenvalue weighted by Crippen LogP contribution is 2.35. The van der Waals surface area contributed by atoms with Gasteiger partial charge in [0.1, 0.15) is 5.75 Å². The van der Waals surface area contributed by atoms with E-state index in [9.17, 15) is 9.59 Å². The Morgan fingerprint density at radius 2 is 1.80 bits per heavy atom. The molecule has 0 bridgehead atoms. The third-order valence-corrected chi connectivity index (χ3v) is 7.42. The molecule has 1 saturated heterocycles. The van der Waals surface area contributed by atoms with E-state index < -0.39 is 0 Å². The lowest BCUT2D eigenvalue weighted by Crippen LogP contribution is -2.43. The normalized spacial score (nSPS) is 19.2. The van der Waals surface area contributed by atoms with Crippen molar-refractivity contribution in [1.82, 2.24) is 14.5 Å². The number of methoxy groups -OCH3 is 1. The summed E-state index contributed by atoms with van der Waals surface area (Å²) in [7, 11) is 1.62. The highest BCUT2D eigenvalue weighted by Gasteiger charge is 2.26. The number of amides is 1. The largest absolute Gasteiger partial charge is 0.497 e. The molecule has 2 aliphatic rings. The Labute approximate surface area is 208 Å². The molecule has 0 radical (unpaired) electrons. The summed E-state index contributed by atoms with van der Waals surface area (Å²) in [5.74, 6) is 3.13. The van der Waals surface area contributed by atoms with Gasteiger partial charge in [-0.25, -0.2) is 4.98 Å². The molecule has 3 aromatic rings. The zero-order valence-corrected chi connectivity index (χ0v) is 21.0. The SMILES string of the molecule is COc1ccc(Cn2c(SCC(=O)N3C[C@H](C)C[C@H](C)C3)nc3cc4c(cc3c2=O)OCO4)cc1. The number of piperidine rings is 1. The number of thioether (sulfide) groups is 1. The minimum atomic E-state index is -0.181. The summed E-state index contributed by atoms with van der Waals surface area (Å²) in [5, 5.41) is 0.959. The first kappa shape index (κ1) is 23.5. The minimum Gasteiger partial charge on any atom is -0.497 e. The molecule has 2 aliphatic heterocycles. The lowest BCUT2D eigenvalue weighted by atomic mass is 9.92. The molecule has 9 heteroatoms. The van der Waals surface area contributed by atoms with E-state index in [4.69, 9.17) is 19.2 Å². The van der Waals surface area contributed by atoms with Crippen LogP contribution in [-0.4, -0.2) is 53.1 Å². The lowest BCUT2D eigenvalue weighted by molar-refractivity contribution is -0.130. The van der Waals surface area contributed by atoms with Crippen LogP contribution in [0.3, 0.4) is 0 Å². The Morgan fingerprint density at radius 3 is 2.49 bits per heavy atom. The van der Waals surface area contributed by atoms with Gasteiger partial charge in [-0.1, -0.05) is 37.7 Å². The highest BCUT2D eigenvalue weighted by molar-refractivity contribution is 7.99. The first-order chi connectivity index (χ1) is 16.9. The first-order valence-electron chi connectivity index (χ1n) is 11.8. The Hall–Kier alpha value is -3.20. The second kappa shape index (κ2) is 9.81. The Balaban J connectivity index is 1.47. The van der Waals surface area contributed by atoms with Crippen molar-refractivity contribution in [3.8, 4) is 17.2 Å². The van der Waals surface area contributed by atoms with Crippen LogP contribution in [0.15, 0.2) is 46.3 Å². The summed E-state index contributed by atoms with van der Waals surface area (Å²) >= 11 is 1.30. The standard InChI is InChI=1S/C26H29N3O5S/c1-16-8-17(2)12-28(11-16)24(30)14-35-26-27-21-10-23-22(33-15-34-23)9-20(21)25(31)29(26)13-18-4-6-19(32-3)7-5-18/h4-7,9-10,16-17H,8,11-15H2,1-3H3/t16-,17+. The summed E-state index contributed by atoms with van der Waals surface area (Å²) in [6, 6.07) is 11.0. The van der Waals surface area contributed by atoms with Crippen LogP contribution in [0.1, 0.15) is 25.8 Å². The van der Waals surface area contributed by atoms with Crippen LogP contribution in [0.4, 0.5) is 0 Å². The van der Waals surface area contributed by atoms with Gasteiger partial charge in [0.2, 0.25) is 12.7 Å². The number of carbonyl (C=O) groups is 1. The van der Waals surface area contributed by atoms with Crippen LogP contribution in [0.2, 0.25) is 0 Å². The van der Waals surface area contributed by atoms with Crippen LogP contribution in [0.25, 0.3) is 10.9 Å². The number of rotatable bonds is 6. The fourth-order valence-corrected chi connectivity index (χ4v) is 5.74. The van der Waals surface area contributed by atoms with Crippen molar-refractivity contribution in [2.45, 2.75) is 32.0 Å². The molecule has 35 heavy (non-hydrogen) atoms. The number of hydrogen-bond acceptors (Lipinski definition) is 7. The average molecular weight is 496 g/mol. The van der Waals surface area contributed by atoms with Crippen molar-refractivity contribution in [3.05, 3.63) is 52.3 Å². The van der Waals surface area contributed by atoms with Crippen molar-refractivity contribution < 1.29 is 19.0 Å². The van der Waals surface area contributed by atoms with Gasteiger partial charge in [0.05, 0.1) is 30.3 Å². The third kappa shape index (κ3) is 4.96. The molecule has 2 atom stereocenters. The number of likely N-dealkylation sites (tertiary alicyclic amines) is 1. The van der Waals surface area contributed by atoms with Crippen LogP contribution in [0.5, 0.6) is 17.2 Å². The van der Waals surface area contributed by atoms with Gasteiger partial charge in [0, 0.05) is 19.2 Å². The summed E-state index contributed by atoms with van der Waals surface area (Å²) in [6.45, 7) is 6.37. The third-order valence-electron chi connectivity index (χ3n) is 6.46. The predicted molar refractivity (Wildman–Crippen MR) is 134 cm³/mol. The van der Waals surface area contributed by atoms with E-state index in [-0.39, 0.29) is 24.0 Å². The van der Waals surface area contributed by atoms with Crippen LogP contribution in [-0.2, 0) is 11.3 Å². The molecule has 1 fully saturated rings. The average Bonchev–Trinajstić information content (AvgIpc) is 3.31. The fourth-order valence-electron chi connectivity index (χ4n) is 4.84. The molecule has 3 heterocycles.